The molecule has 0 aliphatic carbocycles. The molecule has 6 heteroatoms. The Balaban J connectivity index is 2.35. The zero-order valence-corrected chi connectivity index (χ0v) is 10.4. The van der Waals surface area contributed by atoms with Crippen LogP contribution in [0, 0.1) is 0 Å². The number of nitrogens with one attached hydrogen (secondary N) is 1. The third-order valence-corrected chi connectivity index (χ3v) is 2.52. The summed E-state index contributed by atoms with van der Waals surface area (Å²) >= 11 is 0. The fraction of sp³-hybridized carbons (Fsp3) is 0.333. The molecule has 0 aliphatic heterocycles. The van der Waals surface area contributed by atoms with E-state index in [0.717, 1.165) is 11.4 Å². The fourth-order valence-electron chi connectivity index (χ4n) is 1.61. The van der Waals surface area contributed by atoms with Crippen molar-refractivity contribution in [2.45, 2.75) is 6.42 Å². The Bertz CT molecular complexity index is 502. The van der Waals surface area contributed by atoms with Crippen LogP contribution in [0.3, 0.4) is 0 Å². The summed E-state index contributed by atoms with van der Waals surface area (Å²) in [7, 11) is 3.22. The SMILES string of the molecule is COc1cc(OC)cc(-c2n[nH]c(CCN)n2)c1. The van der Waals surface area contributed by atoms with E-state index in [1.54, 1.807) is 20.3 Å². The number of nitrogens with zero attached hydrogens (tertiary/aromatic N) is 2. The van der Waals surface area contributed by atoms with E-state index in [4.69, 9.17) is 15.2 Å². The summed E-state index contributed by atoms with van der Waals surface area (Å²) < 4.78 is 10.4. The number of H-pyrrole nitrogens is 1. The third-order valence-electron chi connectivity index (χ3n) is 2.52. The van der Waals surface area contributed by atoms with Crippen LogP contribution in [-0.4, -0.2) is 35.9 Å². The first-order chi connectivity index (χ1) is 8.76. The maximum atomic E-state index is 5.47. The molecule has 0 amide bonds. The van der Waals surface area contributed by atoms with Gasteiger partial charge in [-0.15, -0.1) is 0 Å². The predicted molar refractivity (Wildman–Crippen MR) is 67.7 cm³/mol. The summed E-state index contributed by atoms with van der Waals surface area (Å²) in [5.41, 5.74) is 6.31. The highest BCUT2D eigenvalue weighted by atomic mass is 16.5. The van der Waals surface area contributed by atoms with E-state index >= 15 is 0 Å². The van der Waals surface area contributed by atoms with Gasteiger partial charge in [0, 0.05) is 18.1 Å². The van der Waals surface area contributed by atoms with Crippen LogP contribution in [0.1, 0.15) is 5.82 Å². The molecule has 1 aromatic heterocycles. The fourth-order valence-corrected chi connectivity index (χ4v) is 1.61. The van der Waals surface area contributed by atoms with Gasteiger partial charge in [-0.3, -0.25) is 5.10 Å². The van der Waals surface area contributed by atoms with E-state index < -0.39 is 0 Å². The molecule has 2 rings (SSSR count). The van der Waals surface area contributed by atoms with Gasteiger partial charge in [0.05, 0.1) is 14.2 Å². The van der Waals surface area contributed by atoms with Gasteiger partial charge < -0.3 is 15.2 Å². The molecule has 0 bridgehead atoms. The monoisotopic (exact) mass is 248 g/mol. The molecule has 0 atom stereocenters. The average Bonchev–Trinajstić information content (AvgIpc) is 2.87. The number of ether oxygens (including phenoxy) is 2. The number of rotatable bonds is 5. The minimum atomic E-state index is 0.538. The van der Waals surface area contributed by atoms with Crippen molar-refractivity contribution in [3.8, 4) is 22.9 Å². The molecule has 1 aromatic carbocycles. The summed E-state index contributed by atoms with van der Waals surface area (Å²) in [5.74, 6) is 2.79. The molecular formula is C12H16N4O2. The number of methoxy groups -OCH3 is 2. The number of hydrogen-bond acceptors (Lipinski definition) is 5. The topological polar surface area (TPSA) is 86.0 Å². The minimum absolute atomic E-state index is 0.538. The predicted octanol–water partition coefficient (Wildman–Crippen LogP) is 0.990. The van der Waals surface area contributed by atoms with E-state index in [0.29, 0.717) is 30.3 Å². The molecular weight excluding hydrogens is 232 g/mol. The van der Waals surface area contributed by atoms with Gasteiger partial charge in [-0.1, -0.05) is 0 Å². The van der Waals surface area contributed by atoms with Crippen LogP contribution < -0.4 is 15.2 Å². The van der Waals surface area contributed by atoms with E-state index in [1.807, 2.05) is 12.1 Å². The Kier molecular flexibility index (Phi) is 3.78. The van der Waals surface area contributed by atoms with Crippen LogP contribution in [0.2, 0.25) is 0 Å². The third kappa shape index (κ3) is 2.60. The standard InChI is InChI=1S/C12H16N4O2/c1-17-9-5-8(6-10(7-9)18-2)12-14-11(3-4-13)15-16-12/h5-7H,3-4,13H2,1-2H3,(H,14,15,16). The van der Waals surface area contributed by atoms with Crippen molar-refractivity contribution in [1.29, 1.82) is 0 Å². The molecule has 0 fully saturated rings. The molecule has 0 saturated heterocycles. The number of hydrogen-bond donors (Lipinski definition) is 2. The lowest BCUT2D eigenvalue weighted by Gasteiger charge is -2.05. The van der Waals surface area contributed by atoms with Crippen molar-refractivity contribution in [3.05, 3.63) is 24.0 Å². The summed E-state index contributed by atoms with van der Waals surface area (Å²) in [4.78, 5) is 4.36. The zero-order chi connectivity index (χ0) is 13.0. The summed E-state index contributed by atoms with van der Waals surface area (Å²) in [6, 6.07) is 5.52. The first kappa shape index (κ1) is 12.4. The van der Waals surface area contributed by atoms with E-state index in [9.17, 15) is 0 Å². The molecule has 3 N–H and O–H groups in total. The lowest BCUT2D eigenvalue weighted by Crippen LogP contribution is -2.03. The minimum Gasteiger partial charge on any atom is -0.497 e. The van der Waals surface area contributed by atoms with Crippen LogP contribution in [-0.2, 0) is 6.42 Å². The maximum absolute atomic E-state index is 5.47. The first-order valence-electron chi connectivity index (χ1n) is 5.61. The van der Waals surface area contributed by atoms with Crippen molar-refractivity contribution >= 4 is 0 Å². The molecule has 0 spiro atoms. The van der Waals surface area contributed by atoms with Gasteiger partial charge in [0.1, 0.15) is 17.3 Å². The van der Waals surface area contributed by atoms with Crippen molar-refractivity contribution in [2.24, 2.45) is 5.73 Å². The Morgan fingerprint density at radius 1 is 1.17 bits per heavy atom. The lowest BCUT2D eigenvalue weighted by atomic mass is 10.2. The average molecular weight is 248 g/mol. The number of nitrogens with two attached hydrogens (primary N) is 1. The second-order valence-electron chi connectivity index (χ2n) is 3.75. The van der Waals surface area contributed by atoms with Gasteiger partial charge in [-0.25, -0.2) is 4.98 Å². The smallest absolute Gasteiger partial charge is 0.181 e. The lowest BCUT2D eigenvalue weighted by molar-refractivity contribution is 0.394. The van der Waals surface area contributed by atoms with Crippen LogP contribution in [0.25, 0.3) is 11.4 Å². The highest BCUT2D eigenvalue weighted by Crippen LogP contribution is 2.27. The van der Waals surface area contributed by atoms with Crippen LogP contribution >= 0.6 is 0 Å². The van der Waals surface area contributed by atoms with Crippen molar-refractivity contribution in [2.75, 3.05) is 20.8 Å². The number of benzene rings is 1. The Hall–Kier alpha value is -2.08. The largest absolute Gasteiger partial charge is 0.497 e. The summed E-state index contributed by atoms with van der Waals surface area (Å²) in [6.07, 6.45) is 0.675. The zero-order valence-electron chi connectivity index (χ0n) is 10.4. The number of aromatic nitrogens is 3. The van der Waals surface area contributed by atoms with Gasteiger partial charge >= 0.3 is 0 Å². The van der Waals surface area contributed by atoms with Gasteiger partial charge in [-0.2, -0.15) is 5.10 Å². The van der Waals surface area contributed by atoms with E-state index in [-0.39, 0.29) is 0 Å². The molecule has 18 heavy (non-hydrogen) atoms. The molecule has 0 aliphatic rings. The second-order valence-corrected chi connectivity index (χ2v) is 3.75. The second kappa shape index (κ2) is 5.50. The molecule has 6 nitrogen and oxygen atoms in total. The van der Waals surface area contributed by atoms with Gasteiger partial charge in [0.25, 0.3) is 0 Å². The Morgan fingerprint density at radius 3 is 2.39 bits per heavy atom. The number of aromatic amines is 1. The van der Waals surface area contributed by atoms with Gasteiger partial charge in [0.2, 0.25) is 0 Å². The van der Waals surface area contributed by atoms with Gasteiger partial charge in [-0.05, 0) is 18.7 Å². The highest BCUT2D eigenvalue weighted by Gasteiger charge is 2.09. The van der Waals surface area contributed by atoms with E-state index in [1.165, 1.54) is 0 Å². The van der Waals surface area contributed by atoms with Crippen molar-refractivity contribution in [1.82, 2.24) is 15.2 Å². The maximum Gasteiger partial charge on any atom is 0.181 e. The van der Waals surface area contributed by atoms with E-state index in [2.05, 4.69) is 15.2 Å². The molecule has 0 saturated carbocycles. The highest BCUT2D eigenvalue weighted by molar-refractivity contribution is 5.60. The quantitative estimate of drug-likeness (QED) is 0.824. The first-order valence-corrected chi connectivity index (χ1v) is 5.61. The molecule has 2 aromatic rings. The molecule has 0 radical (unpaired) electrons. The Morgan fingerprint density at radius 2 is 1.83 bits per heavy atom. The van der Waals surface area contributed by atoms with Gasteiger partial charge in [0.15, 0.2) is 5.82 Å². The Labute approximate surface area is 105 Å². The summed E-state index contributed by atoms with van der Waals surface area (Å²) in [5, 5.41) is 7.01. The molecule has 96 valence electrons. The normalized spacial score (nSPS) is 10.4. The summed E-state index contributed by atoms with van der Waals surface area (Å²) in [6.45, 7) is 0.538. The molecule has 1 heterocycles. The van der Waals surface area contributed by atoms with Crippen molar-refractivity contribution < 1.29 is 9.47 Å². The molecule has 0 unspecified atom stereocenters. The van der Waals surface area contributed by atoms with Crippen LogP contribution in [0.5, 0.6) is 11.5 Å². The van der Waals surface area contributed by atoms with Crippen molar-refractivity contribution in [3.63, 3.8) is 0 Å². The van der Waals surface area contributed by atoms with Crippen LogP contribution in [0.15, 0.2) is 18.2 Å². The van der Waals surface area contributed by atoms with Crippen LogP contribution in [0.4, 0.5) is 0 Å².